The summed E-state index contributed by atoms with van der Waals surface area (Å²) >= 11 is 1.65. The number of fused-ring (bicyclic) bond motifs is 1. The second-order valence-corrected chi connectivity index (χ2v) is 10.6. The molecule has 2 aromatic heterocycles. The van der Waals surface area contributed by atoms with E-state index in [9.17, 15) is 4.79 Å². The van der Waals surface area contributed by atoms with Gasteiger partial charge in [-0.3, -0.25) is 4.79 Å². The molecule has 1 amide bonds. The number of hydrogen-bond donors (Lipinski definition) is 1. The van der Waals surface area contributed by atoms with Crippen LogP contribution in [-0.2, 0) is 19.4 Å². The molecule has 1 aliphatic carbocycles. The largest absolute Gasteiger partial charge is 0.493 e. The average molecular weight is 465 g/mol. The van der Waals surface area contributed by atoms with Gasteiger partial charge in [0.15, 0.2) is 0 Å². The van der Waals surface area contributed by atoms with Gasteiger partial charge in [0, 0.05) is 16.7 Å². The predicted molar refractivity (Wildman–Crippen MR) is 134 cm³/mol. The first-order chi connectivity index (χ1) is 15.9. The molecule has 1 atom stereocenters. The van der Waals surface area contributed by atoms with Gasteiger partial charge in [-0.05, 0) is 67.3 Å². The third-order valence-electron chi connectivity index (χ3n) is 6.24. The fraction of sp³-hybridized carbons (Fsp3) is 0.407. The van der Waals surface area contributed by atoms with Crippen LogP contribution in [0.25, 0.3) is 0 Å². The summed E-state index contributed by atoms with van der Waals surface area (Å²) in [5, 5.41) is 3.79. The normalized spacial score (nSPS) is 16.1. The van der Waals surface area contributed by atoms with E-state index in [2.05, 4.69) is 26.1 Å². The Hall–Kier alpha value is -2.86. The molecule has 2 heterocycles. The van der Waals surface area contributed by atoms with Gasteiger partial charge >= 0.3 is 0 Å². The summed E-state index contributed by atoms with van der Waals surface area (Å²) in [5.41, 5.74) is 3.01. The highest BCUT2D eigenvalue weighted by atomic mass is 32.1. The van der Waals surface area contributed by atoms with Crippen LogP contribution in [0.1, 0.15) is 66.2 Å². The number of aliphatic imine (C=N–C) groups is 1. The molecule has 1 aliphatic rings. The van der Waals surface area contributed by atoms with Crippen molar-refractivity contribution in [2.45, 2.75) is 53.5 Å². The van der Waals surface area contributed by atoms with E-state index in [0.29, 0.717) is 24.6 Å². The fourth-order valence-corrected chi connectivity index (χ4v) is 5.58. The Bertz CT molecular complexity index is 1120. The van der Waals surface area contributed by atoms with Gasteiger partial charge in [-0.25, -0.2) is 4.99 Å². The molecule has 1 aromatic carbocycles. The molecule has 0 unspecified atom stereocenters. The summed E-state index contributed by atoms with van der Waals surface area (Å²) in [6, 6.07) is 11.5. The molecule has 0 saturated carbocycles. The van der Waals surface area contributed by atoms with E-state index in [1.165, 1.54) is 4.88 Å². The number of hydrogen-bond acceptors (Lipinski definition) is 5. The first kappa shape index (κ1) is 23.3. The maximum absolute atomic E-state index is 13.3. The van der Waals surface area contributed by atoms with Gasteiger partial charge < -0.3 is 14.5 Å². The van der Waals surface area contributed by atoms with Crippen molar-refractivity contribution in [3.05, 3.63) is 70.0 Å². The zero-order chi connectivity index (χ0) is 23.4. The molecule has 6 heteroatoms. The number of rotatable bonds is 7. The Morgan fingerprint density at radius 3 is 2.82 bits per heavy atom. The summed E-state index contributed by atoms with van der Waals surface area (Å²) < 4.78 is 11.1. The van der Waals surface area contributed by atoms with Crippen molar-refractivity contribution in [1.29, 1.82) is 0 Å². The minimum Gasteiger partial charge on any atom is -0.493 e. The number of nitrogens with zero attached hydrogens (tertiary/aromatic N) is 1. The Morgan fingerprint density at radius 2 is 2.09 bits per heavy atom. The maximum atomic E-state index is 13.3. The Morgan fingerprint density at radius 1 is 1.27 bits per heavy atom. The number of benzene rings is 1. The van der Waals surface area contributed by atoms with Crippen molar-refractivity contribution >= 4 is 28.5 Å². The lowest BCUT2D eigenvalue weighted by Gasteiger charge is -2.33. The van der Waals surface area contributed by atoms with Gasteiger partial charge in [0.05, 0.1) is 25.0 Å². The van der Waals surface area contributed by atoms with Gasteiger partial charge in [0.2, 0.25) is 0 Å². The first-order valence-electron chi connectivity index (χ1n) is 11.6. The van der Waals surface area contributed by atoms with Gasteiger partial charge in [0.25, 0.3) is 5.91 Å². The average Bonchev–Trinajstić information content (AvgIpc) is 3.43. The summed E-state index contributed by atoms with van der Waals surface area (Å²) in [7, 11) is 0. The molecular weight excluding hydrogens is 432 g/mol. The van der Waals surface area contributed by atoms with Crippen LogP contribution < -0.4 is 10.1 Å². The molecular formula is C27H32N2O3S. The number of amides is 1. The first-order valence-corrected chi connectivity index (χ1v) is 12.4. The Balaban J connectivity index is 1.66. The van der Waals surface area contributed by atoms with Crippen LogP contribution >= 0.6 is 11.3 Å². The highest BCUT2D eigenvalue weighted by molar-refractivity contribution is 7.16. The van der Waals surface area contributed by atoms with Crippen molar-refractivity contribution in [2.75, 3.05) is 6.61 Å². The van der Waals surface area contributed by atoms with Crippen LogP contribution in [0, 0.1) is 11.3 Å². The third kappa shape index (κ3) is 5.38. The van der Waals surface area contributed by atoms with Gasteiger partial charge in [-0.1, -0.05) is 32.9 Å². The number of carbonyl (C=O) groups is 1. The van der Waals surface area contributed by atoms with Crippen LogP contribution in [0.15, 0.2) is 52.1 Å². The van der Waals surface area contributed by atoms with E-state index < -0.39 is 0 Å². The number of carbonyl (C=O) groups excluding carboxylic acids is 1. The molecule has 174 valence electrons. The molecule has 0 radical (unpaired) electrons. The second kappa shape index (κ2) is 9.96. The number of furan rings is 1. The van der Waals surface area contributed by atoms with Crippen LogP contribution in [0.4, 0.5) is 5.00 Å². The fourth-order valence-electron chi connectivity index (χ4n) is 4.31. The summed E-state index contributed by atoms with van der Waals surface area (Å²) in [5.74, 6) is 2.03. The zero-order valence-electron chi connectivity index (χ0n) is 19.8. The van der Waals surface area contributed by atoms with Crippen LogP contribution in [0.3, 0.4) is 0 Å². The molecule has 3 aromatic rings. The molecule has 5 nitrogen and oxygen atoms in total. The topological polar surface area (TPSA) is 63.8 Å². The number of thiophene rings is 1. The smallest absolute Gasteiger partial charge is 0.255 e. The lowest BCUT2D eigenvalue weighted by molar-refractivity contribution is 0.0947. The minimum atomic E-state index is -0.0941. The summed E-state index contributed by atoms with van der Waals surface area (Å²) in [6.07, 6.45) is 6.41. The van der Waals surface area contributed by atoms with E-state index in [1.54, 1.807) is 17.6 Å². The molecule has 33 heavy (non-hydrogen) atoms. The minimum absolute atomic E-state index is 0.0941. The molecule has 0 bridgehead atoms. The second-order valence-electron chi connectivity index (χ2n) is 9.48. The quantitative estimate of drug-likeness (QED) is 0.402. The molecule has 0 aliphatic heterocycles. The zero-order valence-corrected chi connectivity index (χ0v) is 20.6. The standard InChI is InChI=1S/C27H32N2O3S/c1-5-31-22-11-7-6-9-18(22)16-29-26-24(25(30)28-17-20-10-8-14-32-20)21-13-12-19(27(2,3)4)15-23(21)33-26/h6-11,14,16,19H,5,12-13,15,17H2,1-4H3,(H,28,30)/t19-/m0/s1. The van der Waals surface area contributed by atoms with Crippen LogP contribution in [0.2, 0.25) is 0 Å². The van der Waals surface area contributed by atoms with Crippen molar-refractivity contribution in [2.24, 2.45) is 16.3 Å². The Labute approximate surface area is 199 Å². The molecule has 0 fully saturated rings. The van der Waals surface area contributed by atoms with Gasteiger partial charge in [-0.15, -0.1) is 11.3 Å². The van der Waals surface area contributed by atoms with Crippen molar-refractivity contribution in [3.8, 4) is 5.75 Å². The molecule has 0 saturated heterocycles. The predicted octanol–water partition coefficient (Wildman–Crippen LogP) is 6.57. The molecule has 0 spiro atoms. The van der Waals surface area contributed by atoms with Gasteiger partial charge in [0.1, 0.15) is 16.5 Å². The highest BCUT2D eigenvalue weighted by Crippen LogP contribution is 2.45. The lowest BCUT2D eigenvalue weighted by Crippen LogP contribution is -2.28. The Kier molecular flexibility index (Phi) is 7.03. The van der Waals surface area contributed by atoms with E-state index in [1.807, 2.05) is 49.5 Å². The SMILES string of the molecule is CCOc1ccccc1C=Nc1sc2c(c1C(=O)NCc1ccco1)CC[C@H](C(C)(C)C)C2. The number of nitrogens with one attached hydrogen (secondary N) is 1. The molecule has 1 N–H and O–H groups in total. The van der Waals surface area contributed by atoms with Gasteiger partial charge in [-0.2, -0.15) is 0 Å². The van der Waals surface area contributed by atoms with E-state index >= 15 is 0 Å². The number of para-hydroxylation sites is 1. The van der Waals surface area contributed by atoms with Crippen molar-refractivity contribution in [3.63, 3.8) is 0 Å². The van der Waals surface area contributed by atoms with E-state index in [-0.39, 0.29) is 11.3 Å². The van der Waals surface area contributed by atoms with Crippen molar-refractivity contribution in [1.82, 2.24) is 5.32 Å². The van der Waals surface area contributed by atoms with E-state index in [0.717, 1.165) is 46.9 Å². The third-order valence-corrected chi connectivity index (χ3v) is 7.40. The van der Waals surface area contributed by atoms with Crippen LogP contribution in [-0.4, -0.2) is 18.7 Å². The van der Waals surface area contributed by atoms with E-state index in [4.69, 9.17) is 14.1 Å². The monoisotopic (exact) mass is 464 g/mol. The van der Waals surface area contributed by atoms with Crippen molar-refractivity contribution < 1.29 is 13.9 Å². The summed E-state index contributed by atoms with van der Waals surface area (Å²) in [6.45, 7) is 9.82. The molecule has 4 rings (SSSR count). The maximum Gasteiger partial charge on any atom is 0.255 e. The van der Waals surface area contributed by atoms with Crippen LogP contribution in [0.5, 0.6) is 5.75 Å². The lowest BCUT2D eigenvalue weighted by atomic mass is 9.72. The summed E-state index contributed by atoms with van der Waals surface area (Å²) in [4.78, 5) is 19.4. The number of ether oxygens (including phenoxy) is 1. The highest BCUT2D eigenvalue weighted by Gasteiger charge is 2.33.